The number of nitrogens with one attached hydrogen (secondary N) is 5. The van der Waals surface area contributed by atoms with Gasteiger partial charge in [-0.25, -0.2) is 9.78 Å². The van der Waals surface area contributed by atoms with E-state index in [-0.39, 0.29) is 31.6 Å². The number of aliphatic carboxylic acids is 1. The smallest absolute Gasteiger partial charge is 0.326 e. The minimum absolute atomic E-state index is 0.00654. The zero-order valence-electron chi connectivity index (χ0n) is 24.7. The Kier molecular flexibility index (Phi) is 10.9. The first-order valence-corrected chi connectivity index (χ1v) is 14.6. The first kappa shape index (κ1) is 32.0. The van der Waals surface area contributed by atoms with Crippen molar-refractivity contribution in [2.75, 3.05) is 0 Å². The standard InChI is InChI=1S/C32H39N7O5/c1-19(2)12-26(30(41)39-28(32(43)44)13-20-8-4-3-5-9-20)38-31(42)27(14-21-16-35-25-11-7-6-10-23(21)25)37-29(40)24(33)15-22-17-34-18-36-22/h3-11,16-19,24,26-28,35H,12-15,33H2,1-2H3,(H,34,36)(H,37,40)(H,38,42)(H,39,41)(H,43,44). The van der Waals surface area contributed by atoms with Gasteiger partial charge in [0.2, 0.25) is 17.7 Å². The van der Waals surface area contributed by atoms with Gasteiger partial charge in [0, 0.05) is 48.3 Å². The molecule has 0 spiro atoms. The predicted molar refractivity (Wildman–Crippen MR) is 165 cm³/mol. The number of rotatable bonds is 15. The van der Waals surface area contributed by atoms with Crippen LogP contribution < -0.4 is 21.7 Å². The van der Waals surface area contributed by atoms with Crippen LogP contribution in [0, 0.1) is 5.92 Å². The van der Waals surface area contributed by atoms with Crippen LogP contribution >= 0.6 is 0 Å². The van der Waals surface area contributed by atoms with Crippen LogP contribution in [-0.2, 0) is 38.4 Å². The van der Waals surface area contributed by atoms with E-state index in [9.17, 15) is 24.3 Å². The van der Waals surface area contributed by atoms with Gasteiger partial charge in [0.1, 0.15) is 18.1 Å². The van der Waals surface area contributed by atoms with Gasteiger partial charge in [-0.1, -0.05) is 62.4 Å². The Labute approximate surface area is 255 Å². The molecule has 12 heteroatoms. The highest BCUT2D eigenvalue weighted by Gasteiger charge is 2.31. The predicted octanol–water partition coefficient (Wildman–Crippen LogP) is 1.83. The molecule has 0 saturated carbocycles. The molecule has 3 amide bonds. The number of carbonyl (C=O) groups excluding carboxylic acids is 3. The summed E-state index contributed by atoms with van der Waals surface area (Å²) < 4.78 is 0. The minimum atomic E-state index is -1.20. The minimum Gasteiger partial charge on any atom is -0.480 e. The Morgan fingerprint density at radius 2 is 1.48 bits per heavy atom. The summed E-state index contributed by atoms with van der Waals surface area (Å²) in [6.45, 7) is 3.79. The molecule has 2 heterocycles. The highest BCUT2D eigenvalue weighted by atomic mass is 16.4. The maximum atomic E-state index is 13.8. The number of carboxylic acids is 1. The Morgan fingerprint density at radius 1 is 0.818 bits per heavy atom. The van der Waals surface area contributed by atoms with Crippen molar-refractivity contribution in [3.8, 4) is 0 Å². The van der Waals surface area contributed by atoms with Crippen molar-refractivity contribution in [2.24, 2.45) is 11.7 Å². The molecule has 4 rings (SSSR count). The van der Waals surface area contributed by atoms with Crippen molar-refractivity contribution in [3.63, 3.8) is 0 Å². The van der Waals surface area contributed by atoms with Crippen LogP contribution in [0.15, 0.2) is 73.3 Å². The van der Waals surface area contributed by atoms with E-state index in [4.69, 9.17) is 5.73 Å². The molecular formula is C32H39N7O5. The van der Waals surface area contributed by atoms with Crippen molar-refractivity contribution in [2.45, 2.75) is 63.7 Å². The fourth-order valence-corrected chi connectivity index (χ4v) is 5.03. The molecular weight excluding hydrogens is 562 g/mol. The highest BCUT2D eigenvalue weighted by Crippen LogP contribution is 2.19. The molecule has 232 valence electrons. The third kappa shape index (κ3) is 8.77. The Balaban J connectivity index is 1.53. The van der Waals surface area contributed by atoms with Gasteiger partial charge in [-0.2, -0.15) is 0 Å². The molecule has 4 unspecified atom stereocenters. The maximum absolute atomic E-state index is 13.8. The summed E-state index contributed by atoms with van der Waals surface area (Å²) in [7, 11) is 0. The van der Waals surface area contributed by atoms with E-state index in [0.29, 0.717) is 5.69 Å². The van der Waals surface area contributed by atoms with Crippen molar-refractivity contribution in [1.29, 1.82) is 0 Å². The number of para-hydroxylation sites is 1. The lowest BCUT2D eigenvalue weighted by molar-refractivity contribution is -0.142. The van der Waals surface area contributed by atoms with E-state index in [2.05, 4.69) is 30.9 Å². The molecule has 4 atom stereocenters. The van der Waals surface area contributed by atoms with Crippen molar-refractivity contribution >= 4 is 34.6 Å². The lowest BCUT2D eigenvalue weighted by Gasteiger charge is -2.26. The molecule has 0 aliphatic rings. The molecule has 44 heavy (non-hydrogen) atoms. The van der Waals surface area contributed by atoms with Gasteiger partial charge in [-0.15, -0.1) is 0 Å². The fourth-order valence-electron chi connectivity index (χ4n) is 5.03. The topological polar surface area (TPSA) is 195 Å². The molecule has 0 radical (unpaired) electrons. The van der Waals surface area contributed by atoms with Gasteiger partial charge in [0.05, 0.1) is 12.4 Å². The van der Waals surface area contributed by atoms with Crippen LogP contribution in [0.4, 0.5) is 0 Å². The SMILES string of the molecule is CC(C)CC(NC(=O)C(Cc1c[nH]c2ccccc12)NC(=O)C(N)Cc1cnc[nH]1)C(=O)NC(Cc1ccccc1)C(=O)O. The molecule has 0 aliphatic carbocycles. The third-order valence-corrected chi connectivity index (χ3v) is 7.30. The van der Waals surface area contributed by atoms with E-state index in [1.807, 2.05) is 44.2 Å². The zero-order chi connectivity index (χ0) is 31.6. The van der Waals surface area contributed by atoms with E-state index < -0.39 is 47.9 Å². The van der Waals surface area contributed by atoms with Crippen LogP contribution in [0.3, 0.4) is 0 Å². The first-order chi connectivity index (χ1) is 21.1. The number of aromatic amines is 2. The monoisotopic (exact) mass is 601 g/mol. The van der Waals surface area contributed by atoms with Crippen LogP contribution in [-0.4, -0.2) is 67.9 Å². The van der Waals surface area contributed by atoms with E-state index in [1.165, 1.54) is 6.33 Å². The van der Waals surface area contributed by atoms with Crippen LogP contribution in [0.1, 0.15) is 37.1 Å². The van der Waals surface area contributed by atoms with Gasteiger partial charge in [-0.3, -0.25) is 14.4 Å². The summed E-state index contributed by atoms with van der Waals surface area (Å²) >= 11 is 0. The number of nitrogens with two attached hydrogens (primary N) is 1. The quantitative estimate of drug-likeness (QED) is 0.108. The number of H-pyrrole nitrogens is 2. The average molecular weight is 602 g/mol. The summed E-state index contributed by atoms with van der Waals surface area (Å²) in [5.41, 5.74) is 9.25. The van der Waals surface area contributed by atoms with Gasteiger partial charge in [0.25, 0.3) is 0 Å². The lowest BCUT2D eigenvalue weighted by atomic mass is 9.99. The number of imidazole rings is 1. The molecule has 0 aliphatic heterocycles. The summed E-state index contributed by atoms with van der Waals surface area (Å²) in [5, 5.41) is 18.9. The normalized spacial score (nSPS) is 14.0. The van der Waals surface area contributed by atoms with Crippen LogP contribution in [0.25, 0.3) is 10.9 Å². The van der Waals surface area contributed by atoms with E-state index in [0.717, 1.165) is 22.0 Å². The summed E-state index contributed by atoms with van der Waals surface area (Å²) in [6.07, 6.45) is 5.48. The zero-order valence-corrected chi connectivity index (χ0v) is 24.7. The Morgan fingerprint density at radius 3 is 2.16 bits per heavy atom. The van der Waals surface area contributed by atoms with Crippen LogP contribution in [0.5, 0.6) is 0 Å². The van der Waals surface area contributed by atoms with Gasteiger partial charge >= 0.3 is 5.97 Å². The number of carbonyl (C=O) groups is 4. The Hall–Kier alpha value is -4.97. The second kappa shape index (κ2) is 15.0. The summed E-state index contributed by atoms with van der Waals surface area (Å²) in [4.78, 5) is 62.5. The number of hydrogen-bond acceptors (Lipinski definition) is 6. The van der Waals surface area contributed by atoms with Crippen molar-refractivity contribution in [3.05, 3.63) is 90.1 Å². The molecule has 12 nitrogen and oxygen atoms in total. The molecule has 2 aromatic heterocycles. The summed E-state index contributed by atoms with van der Waals surface area (Å²) in [5.74, 6) is -2.95. The second-order valence-corrected chi connectivity index (χ2v) is 11.3. The molecule has 0 saturated heterocycles. The first-order valence-electron chi connectivity index (χ1n) is 14.6. The van der Waals surface area contributed by atoms with Crippen molar-refractivity contribution in [1.82, 2.24) is 30.9 Å². The van der Waals surface area contributed by atoms with Gasteiger partial charge in [-0.05, 0) is 29.5 Å². The highest BCUT2D eigenvalue weighted by molar-refractivity contribution is 5.95. The number of hydrogen-bond donors (Lipinski definition) is 7. The van der Waals surface area contributed by atoms with Crippen LogP contribution in [0.2, 0.25) is 0 Å². The number of carboxylic acid groups (broad SMARTS) is 1. The molecule has 4 aromatic rings. The largest absolute Gasteiger partial charge is 0.480 e. The van der Waals surface area contributed by atoms with Gasteiger partial charge < -0.3 is 36.8 Å². The molecule has 0 bridgehead atoms. The Bertz CT molecular complexity index is 1550. The van der Waals surface area contributed by atoms with Gasteiger partial charge in [0.15, 0.2) is 0 Å². The average Bonchev–Trinajstić information content (AvgIpc) is 3.66. The molecule has 2 aromatic carbocycles. The van der Waals surface area contributed by atoms with E-state index in [1.54, 1.807) is 36.7 Å². The lowest BCUT2D eigenvalue weighted by Crippen LogP contribution is -2.58. The number of fused-ring (bicyclic) bond motifs is 1. The van der Waals surface area contributed by atoms with Crippen molar-refractivity contribution < 1.29 is 24.3 Å². The second-order valence-electron chi connectivity index (χ2n) is 11.3. The number of nitrogens with zero attached hydrogens (tertiary/aromatic N) is 1. The molecule has 8 N–H and O–H groups in total. The number of aromatic nitrogens is 3. The summed E-state index contributed by atoms with van der Waals surface area (Å²) in [6, 6.07) is 12.3. The fraction of sp³-hybridized carbons (Fsp3) is 0.344. The molecule has 0 fully saturated rings. The van der Waals surface area contributed by atoms with E-state index >= 15 is 0 Å². The number of amides is 3. The number of benzene rings is 2. The maximum Gasteiger partial charge on any atom is 0.326 e. The third-order valence-electron chi connectivity index (χ3n) is 7.30.